The van der Waals surface area contributed by atoms with Crippen molar-refractivity contribution >= 4 is 23.4 Å². The van der Waals surface area contributed by atoms with Crippen molar-refractivity contribution in [1.29, 1.82) is 0 Å². The van der Waals surface area contributed by atoms with E-state index >= 15 is 0 Å². The first-order valence-electron chi connectivity index (χ1n) is 8.30. The van der Waals surface area contributed by atoms with Crippen LogP contribution < -0.4 is 11.1 Å². The Hall–Kier alpha value is -2.20. The Bertz CT molecular complexity index is 726. The molecule has 0 bridgehead atoms. The van der Waals surface area contributed by atoms with Crippen LogP contribution in [0.3, 0.4) is 0 Å². The number of carbonyl (C=O) groups is 1. The summed E-state index contributed by atoms with van der Waals surface area (Å²) in [4.78, 5) is 12.0. The molecule has 0 aliphatic rings. The molecule has 1 atom stereocenters. The van der Waals surface area contributed by atoms with Crippen molar-refractivity contribution in [1.82, 2.24) is 5.32 Å². The Labute approximate surface area is 154 Å². The fourth-order valence-electron chi connectivity index (χ4n) is 2.59. The predicted octanol–water partition coefficient (Wildman–Crippen LogP) is 4.77. The molecule has 0 aliphatic carbocycles. The molecule has 0 heterocycles. The number of nitrogens with two attached hydrogens (primary N) is 1. The summed E-state index contributed by atoms with van der Waals surface area (Å²) in [6.45, 7) is 5.97. The first kappa shape index (κ1) is 19.1. The van der Waals surface area contributed by atoms with Crippen molar-refractivity contribution in [3.63, 3.8) is 0 Å². The van der Waals surface area contributed by atoms with E-state index in [1.54, 1.807) is 0 Å². The molecule has 0 aliphatic heterocycles. The number of hydrogen-bond acceptors (Lipinski definition) is 3. The fourth-order valence-corrected chi connectivity index (χ4v) is 2.79. The van der Waals surface area contributed by atoms with Gasteiger partial charge in [-0.2, -0.15) is 0 Å². The lowest BCUT2D eigenvalue weighted by Crippen LogP contribution is -2.35. The number of hydrogen-bond donors (Lipinski definition) is 2. The maximum absolute atomic E-state index is 12.0. The summed E-state index contributed by atoms with van der Waals surface area (Å²) < 4.78 is 5.32. The van der Waals surface area contributed by atoms with Crippen LogP contribution in [-0.2, 0) is 11.2 Å². The van der Waals surface area contributed by atoms with Gasteiger partial charge in [0.1, 0.15) is 5.60 Å². The third-order valence-corrected chi connectivity index (χ3v) is 3.88. The molecule has 25 heavy (non-hydrogen) atoms. The number of carbonyl (C=O) groups excluding carboxylic acids is 1. The maximum atomic E-state index is 12.0. The number of benzene rings is 2. The summed E-state index contributed by atoms with van der Waals surface area (Å²) in [6, 6.07) is 15.5. The quantitative estimate of drug-likeness (QED) is 0.754. The SMILES string of the molecule is CC(C)(C)OC(=O)NCC(Cc1cccc(N)c1)c1cccc(Cl)c1. The smallest absolute Gasteiger partial charge is 0.407 e. The number of rotatable bonds is 5. The lowest BCUT2D eigenvalue weighted by Gasteiger charge is -2.22. The van der Waals surface area contributed by atoms with Gasteiger partial charge in [-0.15, -0.1) is 0 Å². The van der Waals surface area contributed by atoms with Gasteiger partial charge in [-0.3, -0.25) is 0 Å². The van der Waals surface area contributed by atoms with E-state index in [2.05, 4.69) is 5.32 Å². The number of nitrogens with one attached hydrogen (secondary N) is 1. The Morgan fingerprint density at radius 2 is 1.92 bits per heavy atom. The molecule has 0 radical (unpaired) electrons. The van der Waals surface area contributed by atoms with Crippen molar-refractivity contribution in [2.24, 2.45) is 0 Å². The number of amides is 1. The van der Waals surface area contributed by atoms with E-state index < -0.39 is 11.7 Å². The standard InChI is InChI=1S/C20H25ClN2O2/c1-20(2,3)25-19(24)23-13-16(15-7-5-8-17(21)12-15)10-14-6-4-9-18(22)11-14/h4-9,11-12,16H,10,13,22H2,1-3H3,(H,23,24). The number of ether oxygens (including phenoxy) is 1. The Morgan fingerprint density at radius 1 is 1.20 bits per heavy atom. The molecule has 1 amide bonds. The van der Waals surface area contributed by atoms with E-state index in [-0.39, 0.29) is 5.92 Å². The van der Waals surface area contributed by atoms with Crippen LogP contribution in [0, 0.1) is 0 Å². The third-order valence-electron chi connectivity index (χ3n) is 3.64. The Balaban J connectivity index is 2.13. The number of nitrogen functional groups attached to an aromatic ring is 1. The normalized spacial score (nSPS) is 12.5. The van der Waals surface area contributed by atoms with Crippen molar-refractivity contribution in [3.8, 4) is 0 Å². The van der Waals surface area contributed by atoms with Crippen molar-refractivity contribution < 1.29 is 9.53 Å². The van der Waals surface area contributed by atoms with Gasteiger partial charge in [-0.25, -0.2) is 4.79 Å². The van der Waals surface area contributed by atoms with Crippen molar-refractivity contribution in [2.45, 2.75) is 38.7 Å². The molecule has 5 heteroatoms. The highest BCUT2D eigenvalue weighted by Crippen LogP contribution is 2.24. The van der Waals surface area contributed by atoms with Crippen LogP contribution in [0.15, 0.2) is 48.5 Å². The summed E-state index contributed by atoms with van der Waals surface area (Å²) >= 11 is 6.13. The number of halogens is 1. The van der Waals surface area contributed by atoms with Crippen LogP contribution >= 0.6 is 11.6 Å². The summed E-state index contributed by atoms with van der Waals surface area (Å²) in [7, 11) is 0. The molecule has 2 rings (SSSR count). The second-order valence-electron chi connectivity index (χ2n) is 7.08. The lowest BCUT2D eigenvalue weighted by atomic mass is 9.91. The topological polar surface area (TPSA) is 64.3 Å². The molecule has 4 nitrogen and oxygen atoms in total. The van der Waals surface area contributed by atoms with E-state index in [0.717, 1.165) is 23.2 Å². The molecule has 1 unspecified atom stereocenters. The molecule has 0 aromatic heterocycles. The van der Waals surface area contributed by atoms with Crippen LogP contribution in [-0.4, -0.2) is 18.2 Å². The summed E-state index contributed by atoms with van der Waals surface area (Å²) in [5.74, 6) is 0.0630. The fraction of sp³-hybridized carbons (Fsp3) is 0.350. The second kappa shape index (κ2) is 8.26. The zero-order valence-electron chi connectivity index (χ0n) is 14.9. The molecule has 134 valence electrons. The summed E-state index contributed by atoms with van der Waals surface area (Å²) in [6.07, 6.45) is 0.313. The van der Waals surface area contributed by atoms with Crippen molar-refractivity contribution in [2.75, 3.05) is 12.3 Å². The second-order valence-corrected chi connectivity index (χ2v) is 7.52. The predicted molar refractivity (Wildman–Crippen MR) is 103 cm³/mol. The van der Waals surface area contributed by atoms with Crippen LogP contribution in [0.4, 0.5) is 10.5 Å². The molecular formula is C20H25ClN2O2. The van der Waals surface area contributed by atoms with Gasteiger partial charge in [0, 0.05) is 23.2 Å². The van der Waals surface area contributed by atoms with Gasteiger partial charge in [-0.1, -0.05) is 35.9 Å². The minimum atomic E-state index is -0.524. The van der Waals surface area contributed by atoms with Gasteiger partial charge in [0.15, 0.2) is 0 Å². The van der Waals surface area contributed by atoms with E-state index in [0.29, 0.717) is 11.6 Å². The van der Waals surface area contributed by atoms with E-state index in [9.17, 15) is 4.79 Å². The minimum Gasteiger partial charge on any atom is -0.444 e. The lowest BCUT2D eigenvalue weighted by molar-refractivity contribution is 0.0524. The first-order valence-corrected chi connectivity index (χ1v) is 8.67. The average molecular weight is 361 g/mol. The van der Waals surface area contributed by atoms with E-state index in [1.165, 1.54) is 0 Å². The number of alkyl carbamates (subject to hydrolysis) is 1. The monoisotopic (exact) mass is 360 g/mol. The minimum absolute atomic E-state index is 0.0630. The van der Waals surface area contributed by atoms with Gasteiger partial charge in [0.25, 0.3) is 0 Å². The van der Waals surface area contributed by atoms with Gasteiger partial charge >= 0.3 is 6.09 Å². The van der Waals surface area contributed by atoms with E-state index in [4.69, 9.17) is 22.1 Å². The molecule has 2 aromatic carbocycles. The molecule has 0 spiro atoms. The average Bonchev–Trinajstić information content (AvgIpc) is 2.49. The Morgan fingerprint density at radius 3 is 2.56 bits per heavy atom. The molecular weight excluding hydrogens is 336 g/mol. The molecule has 0 saturated carbocycles. The van der Waals surface area contributed by atoms with Gasteiger partial charge < -0.3 is 15.8 Å². The number of anilines is 1. The van der Waals surface area contributed by atoms with Crippen LogP contribution in [0.25, 0.3) is 0 Å². The van der Waals surface area contributed by atoms with Gasteiger partial charge in [0.2, 0.25) is 0 Å². The maximum Gasteiger partial charge on any atom is 0.407 e. The largest absolute Gasteiger partial charge is 0.444 e. The van der Waals surface area contributed by atoms with Gasteiger partial charge in [0.05, 0.1) is 0 Å². The van der Waals surface area contributed by atoms with Crippen LogP contribution in [0.5, 0.6) is 0 Å². The van der Waals surface area contributed by atoms with E-state index in [1.807, 2.05) is 69.3 Å². The highest BCUT2D eigenvalue weighted by Gasteiger charge is 2.19. The summed E-state index contributed by atoms with van der Waals surface area (Å²) in [5.41, 5.74) is 8.25. The highest BCUT2D eigenvalue weighted by atomic mass is 35.5. The first-order chi connectivity index (χ1) is 11.7. The van der Waals surface area contributed by atoms with Crippen LogP contribution in [0.2, 0.25) is 5.02 Å². The molecule has 0 fully saturated rings. The highest BCUT2D eigenvalue weighted by molar-refractivity contribution is 6.30. The zero-order chi connectivity index (χ0) is 18.4. The van der Waals surface area contributed by atoms with Crippen molar-refractivity contribution in [3.05, 3.63) is 64.7 Å². The molecule has 0 saturated heterocycles. The third kappa shape index (κ3) is 6.67. The van der Waals surface area contributed by atoms with Crippen LogP contribution in [0.1, 0.15) is 37.8 Å². The summed E-state index contributed by atoms with van der Waals surface area (Å²) in [5, 5.41) is 3.53. The Kier molecular flexibility index (Phi) is 6.32. The zero-order valence-corrected chi connectivity index (χ0v) is 15.6. The van der Waals surface area contributed by atoms with Gasteiger partial charge in [-0.05, 0) is 62.6 Å². The molecule has 2 aromatic rings. The molecule has 3 N–H and O–H groups in total.